The second kappa shape index (κ2) is 7.73. The second-order valence-electron chi connectivity index (χ2n) is 4.71. The predicted molar refractivity (Wildman–Crippen MR) is 88.2 cm³/mol. The lowest BCUT2D eigenvalue weighted by atomic mass is 10.1. The molecule has 0 atom stereocenters. The quantitative estimate of drug-likeness (QED) is 0.822. The maximum atomic E-state index is 12.1. The minimum Gasteiger partial charge on any atom is -0.497 e. The lowest BCUT2D eigenvalue weighted by Gasteiger charge is -2.03. The first-order valence-corrected chi connectivity index (χ1v) is 7.89. The van der Waals surface area contributed by atoms with E-state index < -0.39 is 5.97 Å². The largest absolute Gasteiger partial charge is 0.497 e. The molecule has 0 spiro atoms. The van der Waals surface area contributed by atoms with E-state index >= 15 is 0 Å². The summed E-state index contributed by atoms with van der Waals surface area (Å²) < 4.78 is 9.80. The minimum atomic E-state index is -0.435. The van der Waals surface area contributed by atoms with Crippen molar-refractivity contribution in [3.63, 3.8) is 0 Å². The Morgan fingerprint density at radius 3 is 2.48 bits per heavy atom. The lowest BCUT2D eigenvalue weighted by Crippen LogP contribution is -2.14. The van der Waals surface area contributed by atoms with Crippen molar-refractivity contribution in [3.8, 4) is 5.75 Å². The van der Waals surface area contributed by atoms with E-state index in [0.29, 0.717) is 22.1 Å². The number of benzene rings is 1. The van der Waals surface area contributed by atoms with Crippen LogP contribution < -0.4 is 10.1 Å². The highest BCUT2D eigenvalue weighted by Crippen LogP contribution is 2.24. The molecule has 0 saturated heterocycles. The Morgan fingerprint density at radius 1 is 1.22 bits per heavy atom. The molecule has 1 aromatic carbocycles. The van der Waals surface area contributed by atoms with E-state index in [9.17, 15) is 9.59 Å². The van der Waals surface area contributed by atoms with Crippen LogP contribution in [0.2, 0.25) is 0 Å². The molecule has 0 aliphatic carbocycles. The molecule has 23 heavy (non-hydrogen) atoms. The molecule has 7 heteroatoms. The fourth-order valence-corrected chi connectivity index (χ4v) is 2.98. The van der Waals surface area contributed by atoms with E-state index in [0.717, 1.165) is 22.6 Å². The summed E-state index contributed by atoms with van der Waals surface area (Å²) >= 11 is 1.12. The van der Waals surface area contributed by atoms with Gasteiger partial charge in [-0.05, 0) is 24.1 Å². The van der Waals surface area contributed by atoms with Gasteiger partial charge < -0.3 is 14.8 Å². The molecule has 0 bridgehead atoms. The molecule has 2 rings (SSSR count). The van der Waals surface area contributed by atoms with Crippen LogP contribution in [0.4, 0.5) is 5.13 Å². The fraction of sp³-hybridized carbons (Fsp3) is 0.312. The maximum Gasteiger partial charge on any atom is 0.350 e. The van der Waals surface area contributed by atoms with Crippen LogP contribution in [-0.2, 0) is 22.4 Å². The molecule has 1 aromatic heterocycles. The molecule has 0 fully saturated rings. The van der Waals surface area contributed by atoms with Crippen LogP contribution >= 0.6 is 11.3 Å². The van der Waals surface area contributed by atoms with Gasteiger partial charge in [-0.3, -0.25) is 4.79 Å². The summed E-state index contributed by atoms with van der Waals surface area (Å²) in [6, 6.07) is 7.27. The van der Waals surface area contributed by atoms with Gasteiger partial charge in [0.2, 0.25) is 5.91 Å². The smallest absolute Gasteiger partial charge is 0.350 e. The van der Waals surface area contributed by atoms with Crippen molar-refractivity contribution in [1.82, 2.24) is 4.98 Å². The number of rotatable bonds is 6. The van der Waals surface area contributed by atoms with Crippen LogP contribution in [-0.4, -0.2) is 31.1 Å². The molecule has 6 nitrogen and oxygen atoms in total. The Morgan fingerprint density at radius 2 is 1.91 bits per heavy atom. The summed E-state index contributed by atoms with van der Waals surface area (Å²) in [4.78, 5) is 28.5. The van der Waals surface area contributed by atoms with E-state index in [1.54, 1.807) is 19.2 Å². The van der Waals surface area contributed by atoms with E-state index in [1.165, 1.54) is 7.11 Å². The van der Waals surface area contributed by atoms with Gasteiger partial charge >= 0.3 is 5.97 Å². The highest BCUT2D eigenvalue weighted by molar-refractivity contribution is 7.17. The average molecular weight is 334 g/mol. The van der Waals surface area contributed by atoms with Crippen LogP contribution in [0.15, 0.2) is 24.3 Å². The molecule has 1 N–H and O–H groups in total. The zero-order chi connectivity index (χ0) is 16.8. The Labute approximate surface area is 138 Å². The zero-order valence-corrected chi connectivity index (χ0v) is 14.0. The normalized spacial score (nSPS) is 10.2. The van der Waals surface area contributed by atoms with E-state index in [2.05, 4.69) is 10.3 Å². The van der Waals surface area contributed by atoms with E-state index in [4.69, 9.17) is 9.47 Å². The van der Waals surface area contributed by atoms with Gasteiger partial charge in [0.25, 0.3) is 0 Å². The monoisotopic (exact) mass is 334 g/mol. The van der Waals surface area contributed by atoms with Gasteiger partial charge in [-0.2, -0.15) is 0 Å². The molecule has 0 aliphatic heterocycles. The number of hydrogen-bond acceptors (Lipinski definition) is 6. The van der Waals surface area contributed by atoms with Gasteiger partial charge in [-0.25, -0.2) is 9.78 Å². The standard InChI is InChI=1S/C16H18N2O4S/c1-4-12-14(15(20)22-3)23-16(17-12)18-13(19)9-10-5-7-11(21-2)8-6-10/h5-8H,4,9H2,1-3H3,(H,17,18,19). The molecule has 122 valence electrons. The average Bonchev–Trinajstić information content (AvgIpc) is 2.97. The molecule has 1 amide bonds. The number of ether oxygens (including phenoxy) is 2. The zero-order valence-electron chi connectivity index (χ0n) is 13.2. The molecule has 0 saturated carbocycles. The van der Waals surface area contributed by atoms with Crippen molar-refractivity contribution in [2.45, 2.75) is 19.8 Å². The number of hydrogen-bond donors (Lipinski definition) is 1. The van der Waals surface area contributed by atoms with Crippen molar-refractivity contribution in [2.75, 3.05) is 19.5 Å². The first-order valence-electron chi connectivity index (χ1n) is 7.08. The Bertz CT molecular complexity index is 695. The van der Waals surface area contributed by atoms with Gasteiger partial charge in [0.1, 0.15) is 10.6 Å². The van der Waals surface area contributed by atoms with Crippen molar-refractivity contribution in [1.29, 1.82) is 0 Å². The Hall–Kier alpha value is -2.41. The number of carbonyl (C=O) groups excluding carboxylic acids is 2. The Balaban J connectivity index is 2.04. The highest BCUT2D eigenvalue weighted by Gasteiger charge is 2.18. The van der Waals surface area contributed by atoms with Crippen LogP contribution in [0.3, 0.4) is 0 Å². The number of anilines is 1. The molecule has 0 radical (unpaired) electrons. The second-order valence-corrected chi connectivity index (χ2v) is 5.71. The lowest BCUT2D eigenvalue weighted by molar-refractivity contribution is -0.115. The number of aromatic nitrogens is 1. The summed E-state index contributed by atoms with van der Waals surface area (Å²) in [6.45, 7) is 1.89. The fourth-order valence-electron chi connectivity index (χ4n) is 1.99. The number of nitrogens with zero attached hydrogens (tertiary/aromatic N) is 1. The molecule has 1 heterocycles. The number of thiazole rings is 1. The summed E-state index contributed by atoms with van der Waals surface area (Å²) in [5.74, 6) is 0.113. The van der Waals surface area contributed by atoms with Crippen molar-refractivity contribution in [2.24, 2.45) is 0 Å². The van der Waals surface area contributed by atoms with E-state index in [-0.39, 0.29) is 12.3 Å². The summed E-state index contributed by atoms with van der Waals surface area (Å²) in [5.41, 5.74) is 1.49. The Kier molecular flexibility index (Phi) is 5.70. The number of carbonyl (C=O) groups is 2. The molecular formula is C16H18N2O4S. The summed E-state index contributed by atoms with van der Waals surface area (Å²) in [6.07, 6.45) is 0.813. The number of nitrogens with one attached hydrogen (secondary N) is 1. The van der Waals surface area contributed by atoms with Gasteiger partial charge in [0.15, 0.2) is 5.13 Å². The summed E-state index contributed by atoms with van der Waals surface area (Å²) in [5, 5.41) is 3.13. The van der Waals surface area contributed by atoms with Crippen LogP contribution in [0.1, 0.15) is 27.9 Å². The molecule has 0 aliphatic rings. The first-order chi connectivity index (χ1) is 11.1. The molecule has 0 unspecified atom stereocenters. The number of aryl methyl sites for hydroxylation is 1. The third-order valence-electron chi connectivity index (χ3n) is 3.17. The predicted octanol–water partition coefficient (Wildman–Crippen LogP) is 2.68. The van der Waals surface area contributed by atoms with Crippen LogP contribution in [0, 0.1) is 0 Å². The molecule has 2 aromatic rings. The van der Waals surface area contributed by atoms with Crippen LogP contribution in [0.25, 0.3) is 0 Å². The maximum absolute atomic E-state index is 12.1. The van der Waals surface area contributed by atoms with Crippen molar-refractivity contribution >= 4 is 28.3 Å². The topological polar surface area (TPSA) is 77.5 Å². The first kappa shape index (κ1) is 17.0. The number of methoxy groups -OCH3 is 2. The van der Waals surface area contributed by atoms with Gasteiger partial charge in [-0.1, -0.05) is 30.4 Å². The van der Waals surface area contributed by atoms with Crippen LogP contribution in [0.5, 0.6) is 5.75 Å². The van der Waals surface area contributed by atoms with E-state index in [1.807, 2.05) is 19.1 Å². The summed E-state index contributed by atoms with van der Waals surface area (Å²) in [7, 11) is 2.91. The number of esters is 1. The molecular weight excluding hydrogens is 316 g/mol. The van der Waals surface area contributed by atoms with Gasteiger partial charge in [0.05, 0.1) is 26.3 Å². The third-order valence-corrected chi connectivity index (χ3v) is 4.17. The van der Waals surface area contributed by atoms with Crippen molar-refractivity contribution < 1.29 is 19.1 Å². The van der Waals surface area contributed by atoms with Gasteiger partial charge in [-0.15, -0.1) is 0 Å². The SMILES string of the molecule is CCc1nc(NC(=O)Cc2ccc(OC)cc2)sc1C(=O)OC. The van der Waals surface area contributed by atoms with Gasteiger partial charge in [0, 0.05) is 0 Å². The van der Waals surface area contributed by atoms with Crippen molar-refractivity contribution in [3.05, 3.63) is 40.4 Å². The highest BCUT2D eigenvalue weighted by atomic mass is 32.1. The number of amides is 1. The third kappa shape index (κ3) is 4.29. The minimum absolute atomic E-state index is 0.192.